The highest BCUT2D eigenvalue weighted by Crippen LogP contribution is 2.37. The molecule has 1 aliphatic carbocycles. The van der Waals surface area contributed by atoms with E-state index in [1.54, 1.807) is 11.8 Å². The smallest absolute Gasteiger partial charge is 0.323 e. The number of nitrogens with zero attached hydrogens (tertiary/aromatic N) is 1. The zero-order valence-electron chi connectivity index (χ0n) is 11.7. The van der Waals surface area contributed by atoms with Crippen molar-refractivity contribution in [3.05, 3.63) is 24.3 Å². The number of aliphatic carboxylic acids is 1. The summed E-state index contributed by atoms with van der Waals surface area (Å²) in [6.45, 7) is 0. The Morgan fingerprint density at radius 2 is 2.33 bits per heavy atom. The summed E-state index contributed by atoms with van der Waals surface area (Å²) in [6.07, 6.45) is 3.21. The lowest BCUT2D eigenvalue weighted by molar-refractivity contribution is -0.144. The number of H-pyrrole nitrogens is 1. The lowest BCUT2D eigenvalue weighted by Gasteiger charge is -2.26. The zero-order chi connectivity index (χ0) is 14.9. The lowest BCUT2D eigenvalue weighted by Crippen LogP contribution is -2.51. The Balaban J connectivity index is 1.59. The van der Waals surface area contributed by atoms with Crippen molar-refractivity contribution in [2.75, 3.05) is 5.75 Å². The van der Waals surface area contributed by atoms with Crippen molar-refractivity contribution >= 4 is 28.8 Å². The standard InChI is InChI=1S/C15H19N3O2S/c16-15(13(19)20)8-3-4-10(15)7-9-21-14-17-11-5-1-2-6-12(11)18-14/h1-2,5-6,10H,3-4,7-9,16H2,(H,17,18)(H,19,20). The molecule has 21 heavy (non-hydrogen) atoms. The van der Waals surface area contributed by atoms with Crippen molar-refractivity contribution in [2.24, 2.45) is 11.7 Å². The Bertz CT molecular complexity index is 624. The number of nitrogens with two attached hydrogens (primary N) is 1. The molecule has 2 atom stereocenters. The van der Waals surface area contributed by atoms with Gasteiger partial charge in [0.1, 0.15) is 5.54 Å². The van der Waals surface area contributed by atoms with Crippen LogP contribution in [0, 0.1) is 5.92 Å². The van der Waals surface area contributed by atoms with E-state index >= 15 is 0 Å². The molecule has 1 saturated carbocycles. The van der Waals surface area contributed by atoms with Gasteiger partial charge in [-0.1, -0.05) is 30.3 Å². The number of thioether (sulfide) groups is 1. The van der Waals surface area contributed by atoms with Gasteiger partial charge >= 0.3 is 5.97 Å². The van der Waals surface area contributed by atoms with Crippen molar-refractivity contribution in [3.63, 3.8) is 0 Å². The first kappa shape index (κ1) is 14.4. The summed E-state index contributed by atoms with van der Waals surface area (Å²) in [5.41, 5.74) is 7.01. The van der Waals surface area contributed by atoms with E-state index in [2.05, 4.69) is 9.97 Å². The molecule has 2 unspecified atom stereocenters. The molecule has 0 aliphatic heterocycles. The predicted molar refractivity (Wildman–Crippen MR) is 83.3 cm³/mol. The summed E-state index contributed by atoms with van der Waals surface area (Å²) in [7, 11) is 0. The summed E-state index contributed by atoms with van der Waals surface area (Å²) in [5, 5.41) is 10.2. The van der Waals surface area contributed by atoms with Crippen LogP contribution in [-0.4, -0.2) is 32.3 Å². The highest BCUT2D eigenvalue weighted by atomic mass is 32.2. The number of para-hydroxylation sites is 2. The van der Waals surface area contributed by atoms with Crippen molar-refractivity contribution in [3.8, 4) is 0 Å². The maximum atomic E-state index is 11.3. The normalized spacial score (nSPS) is 25.5. The first-order valence-corrected chi connectivity index (χ1v) is 8.18. The minimum absolute atomic E-state index is 0.0619. The van der Waals surface area contributed by atoms with E-state index in [0.717, 1.165) is 41.2 Å². The third-order valence-electron chi connectivity index (χ3n) is 4.34. The third-order valence-corrected chi connectivity index (χ3v) is 5.25. The molecule has 6 heteroatoms. The molecule has 1 aromatic heterocycles. The molecule has 1 aliphatic rings. The number of fused-ring (bicyclic) bond motifs is 1. The van der Waals surface area contributed by atoms with Crippen LogP contribution in [-0.2, 0) is 4.79 Å². The van der Waals surface area contributed by atoms with Gasteiger partial charge < -0.3 is 15.8 Å². The molecule has 112 valence electrons. The molecule has 0 saturated heterocycles. The highest BCUT2D eigenvalue weighted by Gasteiger charge is 2.45. The first-order chi connectivity index (χ1) is 10.1. The summed E-state index contributed by atoms with van der Waals surface area (Å²) in [6, 6.07) is 7.91. The SMILES string of the molecule is NC1(C(=O)O)CCCC1CCSc1nc2ccccc2[nH]1. The fourth-order valence-electron chi connectivity index (χ4n) is 3.08. The summed E-state index contributed by atoms with van der Waals surface area (Å²) < 4.78 is 0. The van der Waals surface area contributed by atoms with Gasteiger partial charge in [-0.25, -0.2) is 4.98 Å². The molecule has 0 bridgehead atoms. The molecule has 5 nitrogen and oxygen atoms in total. The molecule has 0 amide bonds. The van der Waals surface area contributed by atoms with Gasteiger partial charge in [-0.15, -0.1) is 0 Å². The predicted octanol–water partition coefficient (Wildman–Crippen LogP) is 2.63. The Morgan fingerprint density at radius 3 is 3.10 bits per heavy atom. The molecule has 0 radical (unpaired) electrons. The molecule has 3 rings (SSSR count). The molecule has 1 fully saturated rings. The number of hydrogen-bond acceptors (Lipinski definition) is 4. The van der Waals surface area contributed by atoms with Crippen molar-refractivity contribution in [1.29, 1.82) is 0 Å². The van der Waals surface area contributed by atoms with Crippen molar-refractivity contribution in [1.82, 2.24) is 9.97 Å². The van der Waals surface area contributed by atoms with E-state index in [9.17, 15) is 9.90 Å². The number of carboxylic acid groups (broad SMARTS) is 1. The van der Waals surface area contributed by atoms with Crippen LogP contribution in [0.3, 0.4) is 0 Å². The molecule has 4 N–H and O–H groups in total. The number of carboxylic acids is 1. The largest absolute Gasteiger partial charge is 0.480 e. The van der Waals surface area contributed by atoms with Crippen molar-refractivity contribution in [2.45, 2.75) is 36.4 Å². The second kappa shape index (κ2) is 5.69. The van der Waals surface area contributed by atoms with Gasteiger partial charge in [0, 0.05) is 5.75 Å². The number of benzene rings is 1. The number of carbonyl (C=O) groups is 1. The monoisotopic (exact) mass is 305 g/mol. The number of aromatic amines is 1. The fourth-order valence-corrected chi connectivity index (χ4v) is 4.02. The van der Waals surface area contributed by atoms with Gasteiger partial charge in [0.15, 0.2) is 5.16 Å². The van der Waals surface area contributed by atoms with Crippen LogP contribution in [0.25, 0.3) is 11.0 Å². The Hall–Kier alpha value is -1.53. The Labute approximate surface area is 127 Å². The molecule has 1 aromatic carbocycles. The van der Waals surface area contributed by atoms with Crippen LogP contribution in [0.2, 0.25) is 0 Å². The van der Waals surface area contributed by atoms with Gasteiger partial charge in [0.05, 0.1) is 11.0 Å². The third kappa shape index (κ3) is 2.78. The number of nitrogens with one attached hydrogen (secondary N) is 1. The van der Waals surface area contributed by atoms with E-state index in [1.165, 1.54) is 0 Å². The number of imidazole rings is 1. The highest BCUT2D eigenvalue weighted by molar-refractivity contribution is 7.99. The van der Waals surface area contributed by atoms with Gasteiger partial charge in [-0.05, 0) is 37.3 Å². The fraction of sp³-hybridized carbons (Fsp3) is 0.467. The first-order valence-electron chi connectivity index (χ1n) is 7.19. The van der Waals surface area contributed by atoms with Gasteiger partial charge in [-0.2, -0.15) is 0 Å². The average molecular weight is 305 g/mol. The van der Waals surface area contributed by atoms with Crippen molar-refractivity contribution < 1.29 is 9.90 Å². The van der Waals surface area contributed by atoms with Gasteiger partial charge in [0.2, 0.25) is 0 Å². The molecular formula is C15H19N3O2S. The summed E-state index contributed by atoms with van der Waals surface area (Å²) >= 11 is 1.63. The maximum Gasteiger partial charge on any atom is 0.323 e. The molecule has 0 spiro atoms. The lowest BCUT2D eigenvalue weighted by atomic mass is 9.86. The second-order valence-corrected chi connectivity index (χ2v) is 6.71. The second-order valence-electron chi connectivity index (χ2n) is 5.63. The summed E-state index contributed by atoms with van der Waals surface area (Å²) in [5.74, 6) is 0.0297. The zero-order valence-corrected chi connectivity index (χ0v) is 12.5. The quantitative estimate of drug-likeness (QED) is 0.739. The summed E-state index contributed by atoms with van der Waals surface area (Å²) in [4.78, 5) is 19.1. The van der Waals surface area contributed by atoms with E-state index in [0.29, 0.717) is 6.42 Å². The van der Waals surface area contributed by atoms with Crippen LogP contribution in [0.15, 0.2) is 29.4 Å². The Kier molecular flexibility index (Phi) is 3.91. The Morgan fingerprint density at radius 1 is 1.52 bits per heavy atom. The topological polar surface area (TPSA) is 92.0 Å². The van der Waals surface area contributed by atoms with Gasteiger partial charge in [0.25, 0.3) is 0 Å². The van der Waals surface area contributed by atoms with Crippen LogP contribution in [0.1, 0.15) is 25.7 Å². The van der Waals surface area contributed by atoms with E-state index in [1.807, 2.05) is 24.3 Å². The van der Waals surface area contributed by atoms with Crippen LogP contribution >= 0.6 is 11.8 Å². The molecular weight excluding hydrogens is 286 g/mol. The number of hydrogen-bond donors (Lipinski definition) is 3. The minimum Gasteiger partial charge on any atom is -0.480 e. The van der Waals surface area contributed by atoms with E-state index in [-0.39, 0.29) is 5.92 Å². The molecule has 2 aromatic rings. The van der Waals surface area contributed by atoms with Crippen LogP contribution in [0.4, 0.5) is 0 Å². The van der Waals surface area contributed by atoms with Crippen LogP contribution in [0.5, 0.6) is 0 Å². The maximum absolute atomic E-state index is 11.3. The number of rotatable bonds is 5. The average Bonchev–Trinajstić information content (AvgIpc) is 3.03. The minimum atomic E-state index is -1.03. The van der Waals surface area contributed by atoms with E-state index < -0.39 is 11.5 Å². The molecule has 1 heterocycles. The van der Waals surface area contributed by atoms with Gasteiger partial charge in [-0.3, -0.25) is 4.79 Å². The van der Waals surface area contributed by atoms with Crippen LogP contribution < -0.4 is 5.73 Å². The van der Waals surface area contributed by atoms with E-state index in [4.69, 9.17) is 5.73 Å². The number of aromatic nitrogens is 2.